The summed E-state index contributed by atoms with van der Waals surface area (Å²) in [4.78, 5) is 39.2. The molecule has 0 radical (unpaired) electrons. The first kappa shape index (κ1) is 30.4. The third kappa shape index (κ3) is 8.95. The van der Waals surface area contributed by atoms with Crippen LogP contribution in [0.1, 0.15) is 32.6 Å². The Balaban J connectivity index is 1.77. The molecule has 37 heavy (non-hydrogen) atoms. The van der Waals surface area contributed by atoms with E-state index in [4.69, 9.17) is 22.1 Å². The fraction of sp³-hybridized carbons (Fsp3) is 0.870. The highest BCUT2D eigenvalue weighted by Crippen LogP contribution is 2.30. The van der Waals surface area contributed by atoms with E-state index in [9.17, 15) is 14.4 Å². The molecular formula is C23H45N3O8Si3. The van der Waals surface area contributed by atoms with Gasteiger partial charge in [0.2, 0.25) is 0 Å². The lowest BCUT2D eigenvalue weighted by atomic mass is 10.3. The Labute approximate surface area is 222 Å². The van der Waals surface area contributed by atoms with E-state index in [1.807, 2.05) is 13.5 Å². The van der Waals surface area contributed by atoms with Gasteiger partial charge in [0.05, 0.1) is 32.0 Å². The van der Waals surface area contributed by atoms with Crippen molar-refractivity contribution in [1.82, 2.24) is 13.7 Å². The van der Waals surface area contributed by atoms with Crippen LogP contribution in [-0.4, -0.2) is 71.7 Å². The first-order valence-corrected chi connectivity index (χ1v) is 21.9. The van der Waals surface area contributed by atoms with Crippen molar-refractivity contribution in [3.8, 4) is 0 Å². The van der Waals surface area contributed by atoms with Crippen molar-refractivity contribution < 1.29 is 22.1 Å². The predicted octanol–water partition coefficient (Wildman–Crippen LogP) is 2.21. The summed E-state index contributed by atoms with van der Waals surface area (Å²) in [6, 6.07) is 1.43. The maximum absolute atomic E-state index is 13.2. The summed E-state index contributed by atoms with van der Waals surface area (Å²) in [6.45, 7) is 14.6. The van der Waals surface area contributed by atoms with Crippen molar-refractivity contribution in [3.63, 3.8) is 0 Å². The zero-order chi connectivity index (χ0) is 27.4. The molecule has 4 unspecified atom stereocenters. The highest BCUT2D eigenvalue weighted by molar-refractivity contribution is 6.86. The standard InChI is InChI=1S/C23H45N3O8Si3/c1-8-9-12-24-21(27)25(23(29)26(22(24)28)16-20-18-32-20)13-10-14-36(6,30-2)34-37(7,33-35(3,4)5)15-11-19-17-31-19/h19-20H,8-18H2,1-7H3. The molecule has 11 nitrogen and oxygen atoms in total. The van der Waals surface area contributed by atoms with Crippen LogP contribution in [-0.2, 0) is 41.8 Å². The molecule has 14 heteroatoms. The number of nitrogens with zero attached hydrogens (tertiary/aromatic N) is 3. The lowest BCUT2D eigenvalue weighted by Crippen LogP contribution is -2.56. The van der Waals surface area contributed by atoms with E-state index in [0.717, 1.165) is 30.1 Å². The Morgan fingerprint density at radius 1 is 0.784 bits per heavy atom. The van der Waals surface area contributed by atoms with E-state index >= 15 is 0 Å². The second-order valence-electron chi connectivity index (χ2n) is 11.5. The number of hydrogen-bond donors (Lipinski definition) is 0. The van der Waals surface area contributed by atoms with Gasteiger partial charge in [0.15, 0.2) is 8.32 Å². The SMILES string of the molecule is CCCCn1c(=O)n(CCC[Si](C)(OC)O[Si](C)(CCC2CO2)O[Si](C)(C)C)c(=O)n(CC2CO2)c1=O. The van der Waals surface area contributed by atoms with Crippen LogP contribution < -0.4 is 17.1 Å². The molecule has 0 N–H and O–H groups in total. The van der Waals surface area contributed by atoms with Gasteiger partial charge in [0, 0.05) is 20.2 Å². The van der Waals surface area contributed by atoms with Crippen molar-refractivity contribution in [3.05, 3.63) is 31.5 Å². The highest BCUT2D eigenvalue weighted by atomic mass is 28.5. The van der Waals surface area contributed by atoms with Crippen LogP contribution >= 0.6 is 0 Å². The van der Waals surface area contributed by atoms with Gasteiger partial charge in [-0.15, -0.1) is 0 Å². The van der Waals surface area contributed by atoms with Crippen LogP contribution in [0.4, 0.5) is 0 Å². The maximum atomic E-state index is 13.2. The second-order valence-corrected chi connectivity index (χ2v) is 23.3. The minimum absolute atomic E-state index is 0.149. The van der Waals surface area contributed by atoms with Gasteiger partial charge in [-0.25, -0.2) is 28.1 Å². The predicted molar refractivity (Wildman–Crippen MR) is 148 cm³/mol. The number of epoxide rings is 2. The maximum Gasteiger partial charge on any atom is 0.336 e. The molecule has 1 aromatic rings. The lowest BCUT2D eigenvalue weighted by molar-refractivity contribution is 0.264. The molecule has 212 valence electrons. The van der Waals surface area contributed by atoms with E-state index in [0.29, 0.717) is 31.6 Å². The van der Waals surface area contributed by atoms with Crippen LogP contribution in [0.2, 0.25) is 44.8 Å². The molecule has 2 aliphatic heterocycles. The van der Waals surface area contributed by atoms with Crippen LogP contribution in [0, 0.1) is 0 Å². The summed E-state index contributed by atoms with van der Waals surface area (Å²) in [6.07, 6.45) is 3.10. The molecular weight excluding hydrogens is 531 g/mol. The van der Waals surface area contributed by atoms with E-state index < -0.39 is 42.5 Å². The molecule has 3 rings (SSSR count). The third-order valence-electron chi connectivity index (χ3n) is 6.63. The Morgan fingerprint density at radius 2 is 1.32 bits per heavy atom. The fourth-order valence-corrected chi connectivity index (χ4v) is 17.3. The van der Waals surface area contributed by atoms with Crippen LogP contribution in [0.3, 0.4) is 0 Å². The van der Waals surface area contributed by atoms with Crippen LogP contribution in [0.25, 0.3) is 0 Å². The largest absolute Gasteiger partial charge is 0.437 e. The first-order valence-electron chi connectivity index (χ1n) is 13.4. The third-order valence-corrected chi connectivity index (χ3v) is 17.6. The lowest BCUT2D eigenvalue weighted by Gasteiger charge is -2.40. The number of unbranched alkanes of at least 4 members (excludes halogenated alkanes) is 1. The Bertz CT molecular complexity index is 1090. The minimum Gasteiger partial charge on any atom is -0.437 e. The Kier molecular flexibility index (Phi) is 10.2. The summed E-state index contributed by atoms with van der Waals surface area (Å²) in [5.41, 5.74) is -1.69. The van der Waals surface area contributed by atoms with Gasteiger partial charge in [-0.05, 0) is 64.1 Å². The van der Waals surface area contributed by atoms with Gasteiger partial charge in [-0.3, -0.25) is 0 Å². The van der Waals surface area contributed by atoms with Gasteiger partial charge >= 0.3 is 34.2 Å². The molecule has 0 amide bonds. The van der Waals surface area contributed by atoms with Gasteiger partial charge in [-0.2, -0.15) is 0 Å². The molecule has 1 aromatic heterocycles. The van der Waals surface area contributed by atoms with E-state index in [2.05, 4.69) is 26.2 Å². The van der Waals surface area contributed by atoms with Gasteiger partial charge in [0.1, 0.15) is 0 Å². The molecule has 0 bridgehead atoms. The van der Waals surface area contributed by atoms with Crippen molar-refractivity contribution in [2.24, 2.45) is 0 Å². The second kappa shape index (κ2) is 12.4. The molecule has 0 aliphatic carbocycles. The van der Waals surface area contributed by atoms with Crippen molar-refractivity contribution in [2.45, 2.75) is 109 Å². The van der Waals surface area contributed by atoms with Crippen molar-refractivity contribution in [1.29, 1.82) is 0 Å². The molecule has 3 heterocycles. The van der Waals surface area contributed by atoms with Crippen LogP contribution in [0.15, 0.2) is 14.4 Å². The number of aromatic nitrogens is 3. The van der Waals surface area contributed by atoms with Gasteiger partial charge in [-0.1, -0.05) is 13.3 Å². The molecule has 0 aromatic carbocycles. The van der Waals surface area contributed by atoms with E-state index in [1.54, 1.807) is 7.11 Å². The molecule has 2 fully saturated rings. The first-order chi connectivity index (χ1) is 17.3. The summed E-state index contributed by atoms with van der Waals surface area (Å²) < 4.78 is 33.5. The number of ether oxygens (including phenoxy) is 2. The van der Waals surface area contributed by atoms with E-state index in [-0.39, 0.29) is 25.7 Å². The molecule has 0 saturated carbocycles. The van der Waals surface area contributed by atoms with Gasteiger partial charge < -0.3 is 22.1 Å². The molecule has 0 spiro atoms. The summed E-state index contributed by atoms with van der Waals surface area (Å²) >= 11 is 0. The fourth-order valence-electron chi connectivity index (χ4n) is 4.55. The average molecular weight is 576 g/mol. The summed E-state index contributed by atoms with van der Waals surface area (Å²) in [5.74, 6) is 0. The topological polar surface area (TPSA) is 119 Å². The van der Waals surface area contributed by atoms with E-state index in [1.165, 1.54) is 9.13 Å². The summed E-state index contributed by atoms with van der Waals surface area (Å²) in [7, 11) is -5.41. The highest BCUT2D eigenvalue weighted by Gasteiger charge is 2.45. The smallest absolute Gasteiger partial charge is 0.336 e. The van der Waals surface area contributed by atoms with Crippen molar-refractivity contribution >= 4 is 25.4 Å². The number of rotatable bonds is 17. The quantitative estimate of drug-likeness (QED) is 0.205. The minimum atomic E-state index is -2.67. The monoisotopic (exact) mass is 575 g/mol. The Morgan fingerprint density at radius 3 is 1.81 bits per heavy atom. The average Bonchev–Trinajstić information content (AvgIpc) is 3.72. The zero-order valence-corrected chi connectivity index (χ0v) is 26.5. The normalized spacial score (nSPS) is 22.5. The van der Waals surface area contributed by atoms with Gasteiger partial charge in [0.25, 0.3) is 0 Å². The van der Waals surface area contributed by atoms with Crippen molar-refractivity contribution in [2.75, 3.05) is 20.3 Å². The molecule has 4 atom stereocenters. The number of hydrogen-bond acceptors (Lipinski definition) is 8. The summed E-state index contributed by atoms with van der Waals surface area (Å²) in [5, 5.41) is 0. The Hall–Kier alpha value is -1.14. The zero-order valence-electron chi connectivity index (χ0n) is 23.5. The molecule has 2 aliphatic rings. The van der Waals surface area contributed by atoms with Crippen LogP contribution in [0.5, 0.6) is 0 Å². The molecule has 2 saturated heterocycles.